The second kappa shape index (κ2) is 6.01. The molecule has 0 spiro atoms. The van der Waals surface area contributed by atoms with Crippen molar-refractivity contribution in [2.75, 3.05) is 18.4 Å². The Labute approximate surface area is 105 Å². The molecular weight excluding hydrogens is 268 g/mol. The van der Waals surface area contributed by atoms with Crippen molar-refractivity contribution in [1.82, 2.24) is 5.32 Å². The highest BCUT2D eigenvalue weighted by Crippen LogP contribution is 2.24. The normalized spacial score (nSPS) is 10.2. The number of halogens is 1. The first-order chi connectivity index (χ1) is 7.54. The monoisotopic (exact) mass is 284 g/mol. The van der Waals surface area contributed by atoms with E-state index in [-0.39, 0.29) is 5.91 Å². The number of likely N-dealkylation sites (N-methyl/N-ethyl adjacent to an activating group) is 1. The molecule has 4 heteroatoms. The topological polar surface area (TPSA) is 41.1 Å². The number of aryl methyl sites for hydroxylation is 2. The summed E-state index contributed by atoms with van der Waals surface area (Å²) in [7, 11) is 0. The maximum Gasteiger partial charge on any atom is 0.238 e. The van der Waals surface area contributed by atoms with Crippen LogP contribution in [0.5, 0.6) is 0 Å². The molecule has 16 heavy (non-hydrogen) atoms. The van der Waals surface area contributed by atoms with Gasteiger partial charge in [0.05, 0.1) is 6.54 Å². The minimum atomic E-state index is -0.0111. The second-order valence-corrected chi connectivity index (χ2v) is 4.55. The molecule has 0 saturated carbocycles. The third-order valence-corrected chi connectivity index (χ3v) is 3.51. The second-order valence-electron chi connectivity index (χ2n) is 3.75. The molecule has 88 valence electrons. The molecule has 1 amide bonds. The van der Waals surface area contributed by atoms with E-state index in [2.05, 4.69) is 26.6 Å². The van der Waals surface area contributed by atoms with E-state index in [9.17, 15) is 4.79 Å². The minimum absolute atomic E-state index is 0.0111. The lowest BCUT2D eigenvalue weighted by molar-refractivity contribution is -0.115. The molecular formula is C12H17BrN2O. The molecule has 0 aliphatic rings. The number of nitrogens with one attached hydrogen (secondary N) is 2. The average Bonchev–Trinajstić information content (AvgIpc) is 2.23. The molecule has 0 radical (unpaired) electrons. The van der Waals surface area contributed by atoms with Gasteiger partial charge in [-0.1, -0.05) is 22.9 Å². The molecule has 1 aromatic rings. The van der Waals surface area contributed by atoms with Crippen molar-refractivity contribution in [3.8, 4) is 0 Å². The Morgan fingerprint density at radius 2 is 1.88 bits per heavy atom. The summed E-state index contributed by atoms with van der Waals surface area (Å²) in [5.74, 6) is -0.0111. The van der Waals surface area contributed by atoms with Crippen molar-refractivity contribution in [3.63, 3.8) is 0 Å². The van der Waals surface area contributed by atoms with Gasteiger partial charge in [-0.15, -0.1) is 0 Å². The van der Waals surface area contributed by atoms with Gasteiger partial charge in [-0.05, 0) is 43.7 Å². The number of carbonyl (C=O) groups excluding carboxylic acids is 1. The summed E-state index contributed by atoms with van der Waals surface area (Å²) in [5, 5.41) is 5.85. The zero-order valence-corrected chi connectivity index (χ0v) is 11.4. The standard InChI is InChI=1S/C12H17BrN2O/c1-4-14-7-11(16)15-10-5-8(2)12(13)9(3)6-10/h5-6,14H,4,7H2,1-3H3,(H,15,16). The molecule has 0 atom stereocenters. The molecule has 3 nitrogen and oxygen atoms in total. The highest BCUT2D eigenvalue weighted by molar-refractivity contribution is 9.10. The van der Waals surface area contributed by atoms with Crippen LogP contribution in [-0.2, 0) is 4.79 Å². The molecule has 0 aliphatic heterocycles. The number of benzene rings is 1. The van der Waals surface area contributed by atoms with Crippen LogP contribution in [0.25, 0.3) is 0 Å². The van der Waals surface area contributed by atoms with E-state index < -0.39 is 0 Å². The van der Waals surface area contributed by atoms with Gasteiger partial charge in [-0.2, -0.15) is 0 Å². The van der Waals surface area contributed by atoms with Crippen molar-refractivity contribution < 1.29 is 4.79 Å². The van der Waals surface area contributed by atoms with Crippen LogP contribution in [-0.4, -0.2) is 19.0 Å². The summed E-state index contributed by atoms with van der Waals surface area (Å²) in [5.41, 5.74) is 3.10. The maximum absolute atomic E-state index is 11.5. The fourth-order valence-electron chi connectivity index (χ4n) is 1.46. The number of hydrogen-bond donors (Lipinski definition) is 2. The molecule has 0 fully saturated rings. The Morgan fingerprint density at radius 3 is 2.38 bits per heavy atom. The predicted molar refractivity (Wildman–Crippen MR) is 70.8 cm³/mol. The van der Waals surface area contributed by atoms with Gasteiger partial charge in [0, 0.05) is 10.2 Å². The van der Waals surface area contributed by atoms with Gasteiger partial charge >= 0.3 is 0 Å². The molecule has 1 rings (SSSR count). The summed E-state index contributed by atoms with van der Waals surface area (Å²) in [6, 6.07) is 3.92. The highest BCUT2D eigenvalue weighted by atomic mass is 79.9. The third kappa shape index (κ3) is 3.61. The lowest BCUT2D eigenvalue weighted by atomic mass is 10.1. The van der Waals surface area contributed by atoms with Crippen LogP contribution in [0.4, 0.5) is 5.69 Å². The summed E-state index contributed by atoms with van der Waals surface area (Å²) in [4.78, 5) is 11.5. The molecule has 0 saturated heterocycles. The van der Waals surface area contributed by atoms with Gasteiger partial charge in [-0.3, -0.25) is 4.79 Å². The molecule has 0 aliphatic carbocycles. The first-order valence-corrected chi connectivity index (χ1v) is 6.11. The van der Waals surface area contributed by atoms with Crippen LogP contribution in [0, 0.1) is 13.8 Å². The third-order valence-electron chi connectivity index (χ3n) is 2.26. The van der Waals surface area contributed by atoms with E-state index in [1.165, 1.54) is 0 Å². The van der Waals surface area contributed by atoms with Gasteiger partial charge in [0.25, 0.3) is 0 Å². The number of hydrogen-bond acceptors (Lipinski definition) is 2. The molecule has 1 aromatic carbocycles. The largest absolute Gasteiger partial charge is 0.325 e. The zero-order valence-electron chi connectivity index (χ0n) is 9.86. The first kappa shape index (κ1) is 13.2. The van der Waals surface area contributed by atoms with Crippen molar-refractivity contribution in [1.29, 1.82) is 0 Å². The van der Waals surface area contributed by atoms with Crippen LogP contribution in [0.3, 0.4) is 0 Å². The van der Waals surface area contributed by atoms with E-state index in [1.54, 1.807) is 0 Å². The van der Waals surface area contributed by atoms with Gasteiger partial charge in [0.1, 0.15) is 0 Å². The number of anilines is 1. The van der Waals surface area contributed by atoms with Crippen LogP contribution < -0.4 is 10.6 Å². The molecule has 2 N–H and O–H groups in total. The highest BCUT2D eigenvalue weighted by Gasteiger charge is 2.05. The summed E-state index contributed by atoms with van der Waals surface area (Å²) in [6.45, 7) is 7.14. The molecule has 0 unspecified atom stereocenters. The van der Waals surface area contributed by atoms with Crippen molar-refractivity contribution in [2.24, 2.45) is 0 Å². The minimum Gasteiger partial charge on any atom is -0.325 e. The number of carbonyl (C=O) groups is 1. The van der Waals surface area contributed by atoms with Crippen molar-refractivity contribution in [3.05, 3.63) is 27.7 Å². The zero-order chi connectivity index (χ0) is 12.1. The van der Waals surface area contributed by atoms with Gasteiger partial charge in [-0.25, -0.2) is 0 Å². The smallest absolute Gasteiger partial charge is 0.238 e. The maximum atomic E-state index is 11.5. The van der Waals surface area contributed by atoms with E-state index in [0.29, 0.717) is 6.54 Å². The quantitative estimate of drug-likeness (QED) is 0.893. The van der Waals surface area contributed by atoms with E-state index in [4.69, 9.17) is 0 Å². The Bertz CT molecular complexity index is 368. The number of rotatable bonds is 4. The first-order valence-electron chi connectivity index (χ1n) is 5.32. The number of amides is 1. The van der Waals surface area contributed by atoms with Gasteiger partial charge in [0.2, 0.25) is 5.91 Å². The van der Waals surface area contributed by atoms with Crippen molar-refractivity contribution in [2.45, 2.75) is 20.8 Å². The Balaban J connectivity index is 2.71. The van der Waals surface area contributed by atoms with Crippen LogP contribution in [0.2, 0.25) is 0 Å². The van der Waals surface area contributed by atoms with E-state index in [0.717, 1.165) is 27.8 Å². The van der Waals surface area contributed by atoms with E-state index in [1.807, 2.05) is 32.9 Å². The van der Waals surface area contributed by atoms with Gasteiger partial charge < -0.3 is 10.6 Å². The van der Waals surface area contributed by atoms with Crippen molar-refractivity contribution >= 4 is 27.5 Å². The van der Waals surface area contributed by atoms with E-state index >= 15 is 0 Å². The lowest BCUT2D eigenvalue weighted by Crippen LogP contribution is -2.27. The Hall–Kier alpha value is -0.870. The van der Waals surface area contributed by atoms with Crippen LogP contribution in [0.15, 0.2) is 16.6 Å². The molecule has 0 bridgehead atoms. The Morgan fingerprint density at radius 1 is 1.31 bits per heavy atom. The van der Waals surface area contributed by atoms with Crippen LogP contribution in [0.1, 0.15) is 18.1 Å². The lowest BCUT2D eigenvalue weighted by Gasteiger charge is -2.09. The van der Waals surface area contributed by atoms with Gasteiger partial charge in [0.15, 0.2) is 0 Å². The summed E-state index contributed by atoms with van der Waals surface area (Å²) < 4.78 is 1.09. The Kier molecular flexibility index (Phi) is 4.96. The summed E-state index contributed by atoms with van der Waals surface area (Å²) in [6.07, 6.45) is 0. The molecule has 0 aromatic heterocycles. The SMILES string of the molecule is CCNCC(=O)Nc1cc(C)c(Br)c(C)c1. The summed E-state index contributed by atoms with van der Waals surface area (Å²) >= 11 is 3.50. The fourth-order valence-corrected chi connectivity index (χ4v) is 1.69. The molecule has 0 heterocycles. The average molecular weight is 285 g/mol. The van der Waals surface area contributed by atoms with Crippen LogP contribution >= 0.6 is 15.9 Å². The predicted octanol–water partition coefficient (Wildman–Crippen LogP) is 2.61. The fraction of sp³-hybridized carbons (Fsp3) is 0.417.